The first kappa shape index (κ1) is 25.0. The molecule has 0 radical (unpaired) electrons. The molecule has 0 N–H and O–H groups in total. The van der Waals surface area contributed by atoms with Gasteiger partial charge in [0, 0.05) is 43.5 Å². The van der Waals surface area contributed by atoms with E-state index < -0.39 is 11.9 Å². The van der Waals surface area contributed by atoms with Crippen LogP contribution in [0.25, 0.3) is 22.6 Å². The summed E-state index contributed by atoms with van der Waals surface area (Å²) in [6.45, 7) is 11.6. The molecule has 0 bridgehead atoms. The third kappa shape index (κ3) is 4.98. The molecule has 4 aromatic rings. The van der Waals surface area contributed by atoms with Crippen LogP contribution in [0.15, 0.2) is 73.4 Å². The van der Waals surface area contributed by atoms with Crippen LogP contribution in [-0.4, -0.2) is 50.6 Å². The molecule has 192 valence electrons. The molecule has 0 spiro atoms. The predicted octanol–water partition coefficient (Wildman–Crippen LogP) is 6.33. The van der Waals surface area contributed by atoms with Crippen molar-refractivity contribution in [1.29, 1.82) is 0 Å². The molecule has 5 nitrogen and oxygen atoms in total. The number of halogens is 3. The number of alkyl halides is 3. The molecule has 0 saturated carbocycles. The molecule has 3 heterocycles. The van der Waals surface area contributed by atoms with Crippen LogP contribution in [-0.2, 0) is 12.6 Å². The van der Waals surface area contributed by atoms with E-state index in [0.717, 1.165) is 48.7 Å². The molecule has 0 aliphatic carbocycles. The van der Waals surface area contributed by atoms with Crippen molar-refractivity contribution in [3.63, 3.8) is 0 Å². The number of hydrogen-bond donors (Lipinski definition) is 0. The second kappa shape index (κ2) is 10.0. The molecule has 1 aliphatic heterocycles. The summed E-state index contributed by atoms with van der Waals surface area (Å²) in [7, 11) is 0. The summed E-state index contributed by atoms with van der Waals surface area (Å²) in [4.78, 5) is 9.16. The molecule has 1 atom stereocenters. The lowest BCUT2D eigenvalue weighted by molar-refractivity contribution is -0.142. The molecule has 5 rings (SSSR count). The third-order valence-electron chi connectivity index (χ3n) is 7.26. The van der Waals surface area contributed by atoms with Crippen LogP contribution in [0.4, 0.5) is 13.2 Å². The van der Waals surface area contributed by atoms with Gasteiger partial charge in [-0.3, -0.25) is 4.90 Å². The van der Waals surface area contributed by atoms with E-state index in [2.05, 4.69) is 45.5 Å². The minimum Gasteiger partial charge on any atom is -0.369 e. The minimum absolute atomic E-state index is 0.162. The maximum atomic E-state index is 14.0. The fourth-order valence-electron chi connectivity index (χ4n) is 4.92. The number of benzene rings is 2. The van der Waals surface area contributed by atoms with Gasteiger partial charge in [0.05, 0.1) is 17.5 Å². The zero-order valence-electron chi connectivity index (χ0n) is 21.0. The first-order valence-electron chi connectivity index (χ1n) is 12.5. The van der Waals surface area contributed by atoms with Gasteiger partial charge in [-0.2, -0.15) is 18.3 Å². The summed E-state index contributed by atoms with van der Waals surface area (Å²) in [6.07, 6.45) is -2.28. The molecule has 2 aromatic carbocycles. The van der Waals surface area contributed by atoms with E-state index in [1.54, 1.807) is 0 Å². The Balaban J connectivity index is 1.43. The summed E-state index contributed by atoms with van der Waals surface area (Å²) < 4.78 is 43.0. The molecule has 1 aliphatic rings. The van der Waals surface area contributed by atoms with Crippen molar-refractivity contribution in [2.24, 2.45) is 0 Å². The number of fused-ring (bicyclic) bond motifs is 1. The summed E-state index contributed by atoms with van der Waals surface area (Å²) >= 11 is 0. The Morgan fingerprint density at radius 1 is 1.00 bits per heavy atom. The Labute approximate surface area is 214 Å². The van der Waals surface area contributed by atoms with Crippen molar-refractivity contribution >= 4 is 11.3 Å². The van der Waals surface area contributed by atoms with Crippen LogP contribution in [0.2, 0.25) is 0 Å². The predicted molar refractivity (Wildman–Crippen MR) is 140 cm³/mol. The van der Waals surface area contributed by atoms with E-state index in [0.29, 0.717) is 16.8 Å². The van der Waals surface area contributed by atoms with E-state index >= 15 is 0 Å². The van der Waals surface area contributed by atoms with E-state index in [1.165, 1.54) is 11.8 Å². The Morgan fingerprint density at radius 2 is 1.68 bits per heavy atom. The highest BCUT2D eigenvalue weighted by Gasteiger charge is 2.36. The van der Waals surface area contributed by atoms with Crippen molar-refractivity contribution in [3.05, 3.63) is 95.8 Å². The second-order valence-electron chi connectivity index (χ2n) is 9.42. The standard InChI is InChI=1S/C29H30F3N5/c1-4-22-10-12-24(13-11-22)26-18-27(29(30,31)32)37-28(34-26)25(19-33-37)21(3)36-16-14-35(15-17-36)20(2)23-8-6-5-7-9-23/h5-13,18-20H,3-4,14-17H2,1-2H3. The van der Waals surface area contributed by atoms with Gasteiger partial charge in [0.15, 0.2) is 11.3 Å². The van der Waals surface area contributed by atoms with Gasteiger partial charge in [-0.05, 0) is 30.5 Å². The molecule has 1 unspecified atom stereocenters. The number of nitrogens with zero attached hydrogens (tertiary/aromatic N) is 5. The lowest BCUT2D eigenvalue weighted by Crippen LogP contribution is -2.46. The fourth-order valence-corrected chi connectivity index (χ4v) is 4.92. The van der Waals surface area contributed by atoms with E-state index in [1.807, 2.05) is 49.4 Å². The molecule has 8 heteroatoms. The quantitative estimate of drug-likeness (QED) is 0.307. The highest BCUT2D eigenvalue weighted by Crippen LogP contribution is 2.34. The van der Waals surface area contributed by atoms with Gasteiger partial charge in [0.2, 0.25) is 0 Å². The summed E-state index contributed by atoms with van der Waals surface area (Å²) in [5.41, 5.74) is 3.73. The van der Waals surface area contributed by atoms with Gasteiger partial charge in [-0.25, -0.2) is 9.50 Å². The van der Waals surface area contributed by atoms with Crippen LogP contribution < -0.4 is 0 Å². The van der Waals surface area contributed by atoms with E-state index in [4.69, 9.17) is 0 Å². The van der Waals surface area contributed by atoms with Gasteiger partial charge >= 0.3 is 6.18 Å². The van der Waals surface area contributed by atoms with Gasteiger partial charge in [-0.1, -0.05) is 68.1 Å². The maximum absolute atomic E-state index is 14.0. The largest absolute Gasteiger partial charge is 0.433 e. The lowest BCUT2D eigenvalue weighted by atomic mass is 10.1. The molecule has 0 amide bonds. The van der Waals surface area contributed by atoms with Crippen molar-refractivity contribution in [2.45, 2.75) is 32.5 Å². The van der Waals surface area contributed by atoms with Crippen LogP contribution in [0.3, 0.4) is 0 Å². The first-order chi connectivity index (χ1) is 17.8. The van der Waals surface area contributed by atoms with Gasteiger partial charge in [-0.15, -0.1) is 0 Å². The van der Waals surface area contributed by atoms with Crippen LogP contribution >= 0.6 is 0 Å². The van der Waals surface area contributed by atoms with Crippen molar-refractivity contribution < 1.29 is 13.2 Å². The minimum atomic E-state index is -4.58. The van der Waals surface area contributed by atoms with Crippen molar-refractivity contribution in [3.8, 4) is 11.3 Å². The van der Waals surface area contributed by atoms with Gasteiger partial charge in [0.25, 0.3) is 0 Å². The van der Waals surface area contributed by atoms with Crippen molar-refractivity contribution in [2.75, 3.05) is 26.2 Å². The van der Waals surface area contributed by atoms with Crippen LogP contribution in [0.1, 0.15) is 42.3 Å². The Bertz CT molecular complexity index is 1390. The van der Waals surface area contributed by atoms with Crippen LogP contribution in [0, 0.1) is 0 Å². The summed E-state index contributed by atoms with van der Waals surface area (Å²) in [5.74, 6) is 0. The highest BCUT2D eigenvalue weighted by molar-refractivity contribution is 5.75. The Morgan fingerprint density at radius 3 is 2.30 bits per heavy atom. The molecule has 1 fully saturated rings. The zero-order chi connectivity index (χ0) is 26.2. The monoisotopic (exact) mass is 505 g/mol. The third-order valence-corrected chi connectivity index (χ3v) is 7.26. The van der Waals surface area contributed by atoms with Crippen molar-refractivity contribution in [1.82, 2.24) is 24.4 Å². The zero-order valence-corrected chi connectivity index (χ0v) is 21.0. The lowest BCUT2D eigenvalue weighted by Gasteiger charge is -2.39. The summed E-state index contributed by atoms with van der Waals surface area (Å²) in [6, 6.07) is 19.2. The van der Waals surface area contributed by atoms with E-state index in [-0.39, 0.29) is 17.4 Å². The highest BCUT2D eigenvalue weighted by atomic mass is 19.4. The fraction of sp³-hybridized carbons (Fsp3) is 0.310. The average Bonchev–Trinajstić information content (AvgIpc) is 3.35. The number of aromatic nitrogens is 3. The van der Waals surface area contributed by atoms with Gasteiger partial charge < -0.3 is 4.90 Å². The Hall–Kier alpha value is -3.65. The van der Waals surface area contributed by atoms with E-state index in [9.17, 15) is 13.2 Å². The molecular formula is C29H30F3N5. The van der Waals surface area contributed by atoms with Gasteiger partial charge in [0.1, 0.15) is 0 Å². The Kier molecular flexibility index (Phi) is 6.77. The number of hydrogen-bond acceptors (Lipinski definition) is 4. The molecular weight excluding hydrogens is 475 g/mol. The topological polar surface area (TPSA) is 36.7 Å². The first-order valence-corrected chi connectivity index (χ1v) is 12.5. The normalized spacial score (nSPS) is 15.8. The number of piperazine rings is 1. The second-order valence-corrected chi connectivity index (χ2v) is 9.42. The molecule has 37 heavy (non-hydrogen) atoms. The SMILES string of the molecule is C=C(c1cnn2c(C(F)(F)F)cc(-c3ccc(CC)cc3)nc12)N1CCN(C(C)c2ccccc2)CC1. The van der Waals surface area contributed by atoms with Crippen LogP contribution in [0.5, 0.6) is 0 Å². The number of rotatable bonds is 6. The smallest absolute Gasteiger partial charge is 0.369 e. The summed E-state index contributed by atoms with van der Waals surface area (Å²) in [5, 5.41) is 4.08. The number of aryl methyl sites for hydroxylation is 1. The molecule has 2 aromatic heterocycles. The average molecular weight is 506 g/mol. The molecule has 1 saturated heterocycles. The maximum Gasteiger partial charge on any atom is 0.433 e.